The van der Waals surface area contributed by atoms with Crippen LogP contribution in [0.3, 0.4) is 0 Å². The number of nitrogens with two attached hydrogens (primary N) is 2. The molecule has 1 saturated heterocycles. The average Bonchev–Trinajstić information content (AvgIpc) is 3.26. The molecule has 1 fully saturated rings. The van der Waals surface area contributed by atoms with E-state index in [1.54, 1.807) is 31.1 Å². The van der Waals surface area contributed by atoms with E-state index in [0.717, 1.165) is 17.0 Å². The fourth-order valence-corrected chi connectivity index (χ4v) is 5.14. The maximum atomic E-state index is 14.3. The minimum Gasteiger partial charge on any atom is -0.389 e. The summed E-state index contributed by atoms with van der Waals surface area (Å²) in [6.45, 7) is 0.349. The standard InChI is InChI=1S/C21H26ClFN6O3S/c1-29-18(14-7-6-12(24)15(31-2)9-32-14)13(8-26-29)27-20(30)17-19(25)33-21(28-17)16-10(22)4-3-5-11(16)23/h3-5,8,12,14-15,20,27,30H,6-7,9,24-25H2,1-2H3/t12-,14+,15+,20?/m1/s1. The SMILES string of the molecule is CO[C@H]1CO[C@H](c2c(NC(O)c3nc(-c4c(F)cccc4Cl)sc3N)cnn2C)CC[C@H]1N. The van der Waals surface area contributed by atoms with Gasteiger partial charge in [-0.2, -0.15) is 5.10 Å². The highest BCUT2D eigenvalue weighted by Crippen LogP contribution is 2.39. The number of nitrogens with one attached hydrogen (secondary N) is 1. The van der Waals surface area contributed by atoms with Gasteiger partial charge in [0.15, 0.2) is 6.23 Å². The quantitative estimate of drug-likeness (QED) is 0.382. The summed E-state index contributed by atoms with van der Waals surface area (Å²) in [6.07, 6.45) is 1.23. The first kappa shape index (κ1) is 23.9. The van der Waals surface area contributed by atoms with Crippen LogP contribution in [-0.4, -0.2) is 45.7 Å². The molecule has 33 heavy (non-hydrogen) atoms. The lowest BCUT2D eigenvalue weighted by atomic mass is 10.0. The predicted molar refractivity (Wildman–Crippen MR) is 125 cm³/mol. The van der Waals surface area contributed by atoms with Gasteiger partial charge in [0.05, 0.1) is 40.9 Å². The van der Waals surface area contributed by atoms with Gasteiger partial charge in [-0.15, -0.1) is 0 Å². The van der Waals surface area contributed by atoms with Gasteiger partial charge in [-0.05, 0) is 25.0 Å². The molecular weight excluding hydrogens is 471 g/mol. The fourth-order valence-electron chi connectivity index (χ4n) is 3.91. The maximum absolute atomic E-state index is 14.3. The Bertz CT molecular complexity index is 1110. The van der Waals surface area contributed by atoms with Gasteiger partial charge in [0, 0.05) is 20.2 Å². The number of nitrogen functional groups attached to an aromatic ring is 1. The van der Waals surface area contributed by atoms with Gasteiger partial charge in [0.25, 0.3) is 0 Å². The van der Waals surface area contributed by atoms with Gasteiger partial charge in [-0.25, -0.2) is 9.37 Å². The van der Waals surface area contributed by atoms with Crippen molar-refractivity contribution in [2.45, 2.75) is 37.3 Å². The highest BCUT2D eigenvalue weighted by Gasteiger charge is 2.30. The number of benzene rings is 1. The molecule has 178 valence electrons. The lowest BCUT2D eigenvalue weighted by Gasteiger charge is -2.20. The van der Waals surface area contributed by atoms with E-state index in [1.807, 2.05) is 0 Å². The molecule has 0 amide bonds. The summed E-state index contributed by atoms with van der Waals surface area (Å²) in [5, 5.41) is 18.9. The molecule has 9 nitrogen and oxygen atoms in total. The Morgan fingerprint density at radius 3 is 2.94 bits per heavy atom. The zero-order valence-corrected chi connectivity index (χ0v) is 19.7. The number of rotatable bonds is 6. The Labute approximate surface area is 199 Å². The zero-order chi connectivity index (χ0) is 23.7. The van der Waals surface area contributed by atoms with E-state index in [1.165, 1.54) is 12.1 Å². The number of ether oxygens (including phenoxy) is 2. The molecule has 6 N–H and O–H groups in total. The van der Waals surface area contributed by atoms with Crippen molar-refractivity contribution in [3.8, 4) is 10.6 Å². The number of hydrogen-bond acceptors (Lipinski definition) is 9. The van der Waals surface area contributed by atoms with E-state index in [9.17, 15) is 9.50 Å². The third kappa shape index (κ3) is 4.84. The Balaban J connectivity index is 1.57. The Morgan fingerprint density at radius 1 is 1.42 bits per heavy atom. The van der Waals surface area contributed by atoms with Gasteiger partial charge in [0.1, 0.15) is 27.6 Å². The molecule has 1 aliphatic heterocycles. The first-order chi connectivity index (χ1) is 15.8. The number of aryl methyl sites for hydroxylation is 1. The van der Waals surface area contributed by atoms with Gasteiger partial charge >= 0.3 is 0 Å². The van der Waals surface area contributed by atoms with Crippen molar-refractivity contribution in [3.63, 3.8) is 0 Å². The van der Waals surface area contributed by atoms with Crippen LogP contribution in [0.1, 0.15) is 36.6 Å². The molecule has 0 spiro atoms. The van der Waals surface area contributed by atoms with Crippen LogP contribution in [0.15, 0.2) is 24.4 Å². The van der Waals surface area contributed by atoms with Crippen molar-refractivity contribution >= 4 is 33.6 Å². The molecule has 4 rings (SSSR count). The largest absolute Gasteiger partial charge is 0.389 e. The molecule has 0 saturated carbocycles. The topological polar surface area (TPSA) is 133 Å². The summed E-state index contributed by atoms with van der Waals surface area (Å²) in [6, 6.07) is 4.24. The second kappa shape index (κ2) is 9.92. The number of halogens is 2. The molecule has 3 heterocycles. The summed E-state index contributed by atoms with van der Waals surface area (Å²) in [5.74, 6) is -0.516. The van der Waals surface area contributed by atoms with E-state index in [0.29, 0.717) is 25.1 Å². The van der Waals surface area contributed by atoms with Gasteiger partial charge in [0.2, 0.25) is 0 Å². The fraction of sp³-hybridized carbons (Fsp3) is 0.429. The molecular formula is C21H26ClFN6O3S. The van der Waals surface area contributed by atoms with Crippen LogP contribution in [0.25, 0.3) is 10.6 Å². The number of aliphatic hydroxyl groups is 1. The van der Waals surface area contributed by atoms with Crippen molar-refractivity contribution in [3.05, 3.63) is 46.6 Å². The number of aromatic nitrogens is 3. The third-order valence-corrected chi connectivity index (χ3v) is 6.94. The minimum atomic E-state index is -1.26. The zero-order valence-electron chi connectivity index (χ0n) is 18.2. The molecule has 0 radical (unpaired) electrons. The molecule has 3 aromatic rings. The Morgan fingerprint density at radius 2 is 2.21 bits per heavy atom. The molecule has 1 unspecified atom stereocenters. The monoisotopic (exact) mass is 496 g/mol. The molecule has 4 atom stereocenters. The van der Waals surface area contributed by atoms with Crippen molar-refractivity contribution in [2.24, 2.45) is 12.8 Å². The molecule has 1 aromatic carbocycles. The van der Waals surface area contributed by atoms with Gasteiger partial charge in [-0.3, -0.25) is 4.68 Å². The molecule has 0 bridgehead atoms. The second-order valence-electron chi connectivity index (χ2n) is 7.82. The summed E-state index contributed by atoms with van der Waals surface area (Å²) < 4.78 is 27.5. The number of nitrogens with zero attached hydrogens (tertiary/aromatic N) is 3. The summed E-state index contributed by atoms with van der Waals surface area (Å²) in [5.41, 5.74) is 13.9. The van der Waals surface area contributed by atoms with Gasteiger partial charge in [-0.1, -0.05) is 29.0 Å². The van der Waals surface area contributed by atoms with Crippen LogP contribution in [0.5, 0.6) is 0 Å². The Hall–Kier alpha value is -2.28. The van der Waals surface area contributed by atoms with Gasteiger partial charge < -0.3 is 31.4 Å². The number of hydrogen-bond donors (Lipinski definition) is 4. The van der Waals surface area contributed by atoms with Crippen LogP contribution in [0, 0.1) is 5.82 Å². The summed E-state index contributed by atoms with van der Waals surface area (Å²) in [4.78, 5) is 4.36. The van der Waals surface area contributed by atoms with Crippen molar-refractivity contribution in [1.82, 2.24) is 14.8 Å². The average molecular weight is 497 g/mol. The van der Waals surface area contributed by atoms with Crippen LogP contribution in [0.2, 0.25) is 5.02 Å². The van der Waals surface area contributed by atoms with Crippen LogP contribution >= 0.6 is 22.9 Å². The molecule has 0 aliphatic carbocycles. The predicted octanol–water partition coefficient (Wildman–Crippen LogP) is 3.22. The maximum Gasteiger partial charge on any atom is 0.171 e. The van der Waals surface area contributed by atoms with Crippen molar-refractivity contribution in [1.29, 1.82) is 0 Å². The van der Waals surface area contributed by atoms with E-state index in [2.05, 4.69) is 15.4 Å². The third-order valence-electron chi connectivity index (χ3n) is 5.70. The lowest BCUT2D eigenvalue weighted by Crippen LogP contribution is -2.37. The van der Waals surface area contributed by atoms with Crippen molar-refractivity contribution < 1.29 is 19.0 Å². The molecule has 1 aliphatic rings. The first-order valence-corrected chi connectivity index (χ1v) is 11.6. The molecule has 12 heteroatoms. The van der Waals surface area contributed by atoms with Crippen molar-refractivity contribution in [2.75, 3.05) is 24.8 Å². The van der Waals surface area contributed by atoms with E-state index in [4.69, 9.17) is 32.5 Å². The highest BCUT2D eigenvalue weighted by molar-refractivity contribution is 7.19. The summed E-state index contributed by atoms with van der Waals surface area (Å²) >= 11 is 7.20. The summed E-state index contributed by atoms with van der Waals surface area (Å²) in [7, 11) is 3.41. The normalized spacial score (nSPS) is 22.2. The minimum absolute atomic E-state index is 0.131. The first-order valence-electron chi connectivity index (χ1n) is 10.4. The second-order valence-corrected chi connectivity index (χ2v) is 9.25. The van der Waals surface area contributed by atoms with E-state index >= 15 is 0 Å². The number of methoxy groups -OCH3 is 1. The van der Waals surface area contributed by atoms with E-state index < -0.39 is 12.0 Å². The van der Waals surface area contributed by atoms with Crippen LogP contribution < -0.4 is 16.8 Å². The lowest BCUT2D eigenvalue weighted by molar-refractivity contribution is -0.0212. The van der Waals surface area contributed by atoms with Crippen LogP contribution in [-0.2, 0) is 16.5 Å². The number of anilines is 2. The van der Waals surface area contributed by atoms with E-state index in [-0.39, 0.29) is 44.5 Å². The smallest absolute Gasteiger partial charge is 0.171 e. The number of aliphatic hydroxyl groups excluding tert-OH is 1. The number of thiazole rings is 1. The van der Waals surface area contributed by atoms with Crippen LogP contribution in [0.4, 0.5) is 15.1 Å². The Kier molecular flexibility index (Phi) is 7.17. The highest BCUT2D eigenvalue weighted by atomic mass is 35.5. The molecule has 2 aromatic heterocycles.